The maximum atomic E-state index is 12.7. The first-order valence-electron chi connectivity index (χ1n) is 10.0. The minimum absolute atomic E-state index is 0.398. The molecule has 6 unspecified atom stereocenters. The lowest BCUT2D eigenvalue weighted by Gasteiger charge is -2.28. The van der Waals surface area contributed by atoms with Crippen LogP contribution in [-0.4, -0.2) is 75.3 Å². The molecular formula is C19H34N4O8. The van der Waals surface area contributed by atoms with Crippen LogP contribution in [0.5, 0.6) is 0 Å². The molecule has 0 rings (SSSR count). The quantitative estimate of drug-likeness (QED) is 0.174. The lowest BCUT2D eigenvalue weighted by molar-refractivity contribution is -0.144. The Kier molecular flexibility index (Phi) is 11.7. The van der Waals surface area contributed by atoms with Gasteiger partial charge >= 0.3 is 11.9 Å². The third-order valence-corrected chi connectivity index (χ3v) is 4.82. The Bertz CT molecular complexity index is 667. The molecule has 0 saturated heterocycles. The first-order chi connectivity index (χ1) is 14.2. The molecule has 12 nitrogen and oxygen atoms in total. The second kappa shape index (κ2) is 12.8. The van der Waals surface area contributed by atoms with E-state index in [4.69, 9.17) is 10.8 Å². The second-order valence-corrected chi connectivity index (χ2v) is 7.87. The number of carboxylic acid groups (broad SMARTS) is 2. The molecule has 12 heteroatoms. The molecule has 0 aromatic rings. The predicted octanol–water partition coefficient (Wildman–Crippen LogP) is -1.59. The van der Waals surface area contributed by atoms with Crippen molar-refractivity contribution in [3.63, 3.8) is 0 Å². The number of nitrogens with one attached hydrogen (secondary N) is 3. The van der Waals surface area contributed by atoms with E-state index in [9.17, 15) is 34.2 Å². The predicted molar refractivity (Wildman–Crippen MR) is 110 cm³/mol. The van der Waals surface area contributed by atoms with E-state index in [0.717, 1.165) is 0 Å². The van der Waals surface area contributed by atoms with Gasteiger partial charge in [-0.15, -0.1) is 0 Å². The number of aliphatic hydroxyl groups is 1. The Morgan fingerprint density at radius 2 is 1.26 bits per heavy atom. The summed E-state index contributed by atoms with van der Waals surface area (Å²) in [6.45, 7) is 7.85. The van der Waals surface area contributed by atoms with Gasteiger partial charge in [-0.25, -0.2) is 4.79 Å². The molecule has 0 heterocycles. The first-order valence-corrected chi connectivity index (χ1v) is 10.0. The van der Waals surface area contributed by atoms with E-state index < -0.39 is 78.2 Å². The van der Waals surface area contributed by atoms with E-state index in [-0.39, 0.29) is 0 Å². The van der Waals surface area contributed by atoms with Crippen LogP contribution in [0.25, 0.3) is 0 Å². The Hall–Kier alpha value is -2.73. The van der Waals surface area contributed by atoms with Gasteiger partial charge in [-0.3, -0.25) is 19.2 Å². The molecule has 0 spiro atoms. The zero-order valence-corrected chi connectivity index (χ0v) is 18.4. The third-order valence-electron chi connectivity index (χ3n) is 4.82. The van der Waals surface area contributed by atoms with Gasteiger partial charge in [-0.05, 0) is 18.8 Å². The fourth-order valence-electron chi connectivity index (χ4n) is 2.65. The summed E-state index contributed by atoms with van der Waals surface area (Å²) in [6.07, 6.45) is -1.53. The van der Waals surface area contributed by atoms with Crippen molar-refractivity contribution in [3.8, 4) is 0 Å². The van der Waals surface area contributed by atoms with Crippen LogP contribution in [0.15, 0.2) is 0 Å². The Morgan fingerprint density at radius 3 is 1.65 bits per heavy atom. The van der Waals surface area contributed by atoms with Crippen LogP contribution in [0, 0.1) is 11.8 Å². The number of carboxylic acids is 2. The molecule has 0 radical (unpaired) electrons. The molecule has 3 amide bonds. The number of aliphatic carboxylic acids is 2. The highest BCUT2D eigenvalue weighted by Crippen LogP contribution is 2.10. The minimum atomic E-state index is -1.48. The van der Waals surface area contributed by atoms with E-state index in [2.05, 4.69) is 16.0 Å². The van der Waals surface area contributed by atoms with Gasteiger partial charge in [0.05, 0.1) is 18.6 Å². The van der Waals surface area contributed by atoms with Crippen LogP contribution in [0.2, 0.25) is 0 Å². The van der Waals surface area contributed by atoms with Gasteiger partial charge in [0.1, 0.15) is 18.1 Å². The molecule has 8 N–H and O–H groups in total. The highest BCUT2D eigenvalue weighted by molar-refractivity contribution is 5.95. The SMILES string of the molecule is CCC(C)C(NC(=O)C(NC(=O)C(NC(=O)C(N)CC(=O)O)C(C)C)C(C)O)C(=O)O. The number of amides is 3. The van der Waals surface area contributed by atoms with Crippen LogP contribution < -0.4 is 21.7 Å². The van der Waals surface area contributed by atoms with Crippen molar-refractivity contribution in [1.29, 1.82) is 0 Å². The summed E-state index contributed by atoms with van der Waals surface area (Å²) in [7, 11) is 0. The van der Waals surface area contributed by atoms with Crippen LogP contribution in [-0.2, 0) is 24.0 Å². The maximum absolute atomic E-state index is 12.7. The molecule has 31 heavy (non-hydrogen) atoms. The Morgan fingerprint density at radius 1 is 0.806 bits per heavy atom. The van der Waals surface area contributed by atoms with E-state index in [1.807, 2.05) is 0 Å². The summed E-state index contributed by atoms with van der Waals surface area (Å²) in [5.41, 5.74) is 5.50. The van der Waals surface area contributed by atoms with Gasteiger partial charge in [0.25, 0.3) is 0 Å². The lowest BCUT2D eigenvalue weighted by Crippen LogP contribution is -2.61. The zero-order valence-electron chi connectivity index (χ0n) is 18.4. The molecule has 0 aliphatic rings. The molecule has 0 aromatic heterocycles. The molecule has 6 atom stereocenters. The number of carbonyl (C=O) groups is 5. The normalized spacial score (nSPS) is 16.9. The summed E-state index contributed by atoms with van der Waals surface area (Å²) in [4.78, 5) is 59.5. The minimum Gasteiger partial charge on any atom is -0.481 e. The number of hydrogen-bond donors (Lipinski definition) is 7. The van der Waals surface area contributed by atoms with Crippen LogP contribution in [0.3, 0.4) is 0 Å². The fourth-order valence-corrected chi connectivity index (χ4v) is 2.65. The zero-order chi connectivity index (χ0) is 24.5. The van der Waals surface area contributed by atoms with E-state index in [1.54, 1.807) is 27.7 Å². The lowest BCUT2D eigenvalue weighted by atomic mass is 9.98. The third kappa shape index (κ3) is 9.30. The van der Waals surface area contributed by atoms with E-state index >= 15 is 0 Å². The summed E-state index contributed by atoms with van der Waals surface area (Å²) >= 11 is 0. The highest BCUT2D eigenvalue weighted by Gasteiger charge is 2.34. The van der Waals surface area contributed by atoms with Crippen molar-refractivity contribution >= 4 is 29.7 Å². The monoisotopic (exact) mass is 446 g/mol. The van der Waals surface area contributed by atoms with Crippen molar-refractivity contribution in [3.05, 3.63) is 0 Å². The topological polar surface area (TPSA) is 208 Å². The summed E-state index contributed by atoms with van der Waals surface area (Å²) < 4.78 is 0. The largest absolute Gasteiger partial charge is 0.481 e. The molecule has 0 fully saturated rings. The Balaban J connectivity index is 5.41. The number of rotatable bonds is 13. The molecule has 0 aliphatic heterocycles. The van der Waals surface area contributed by atoms with Crippen molar-refractivity contribution < 1.29 is 39.3 Å². The average molecular weight is 447 g/mol. The summed E-state index contributed by atoms with van der Waals surface area (Å²) in [6, 6.07) is -5.25. The highest BCUT2D eigenvalue weighted by atomic mass is 16.4. The number of aliphatic hydroxyl groups excluding tert-OH is 1. The van der Waals surface area contributed by atoms with Crippen molar-refractivity contribution in [2.75, 3.05) is 0 Å². The van der Waals surface area contributed by atoms with Gasteiger partial charge in [-0.2, -0.15) is 0 Å². The van der Waals surface area contributed by atoms with Gasteiger partial charge in [0, 0.05) is 0 Å². The standard InChI is InChI=1S/C19H34N4O8/c1-6-9(4)14(19(30)31)22-18(29)15(10(5)24)23-17(28)13(8(2)3)21-16(27)11(20)7-12(25)26/h8-11,13-15,24H,6-7,20H2,1-5H3,(H,21,27)(H,22,29)(H,23,28)(H,25,26)(H,30,31). The molecular weight excluding hydrogens is 412 g/mol. The smallest absolute Gasteiger partial charge is 0.326 e. The van der Waals surface area contributed by atoms with Crippen molar-refractivity contribution in [1.82, 2.24) is 16.0 Å². The summed E-state index contributed by atoms with van der Waals surface area (Å²) in [5.74, 6) is -5.98. The maximum Gasteiger partial charge on any atom is 0.326 e. The Labute approximate surface area is 180 Å². The number of nitrogens with two attached hydrogens (primary N) is 1. The van der Waals surface area contributed by atoms with E-state index in [0.29, 0.717) is 6.42 Å². The number of carbonyl (C=O) groups excluding carboxylic acids is 3. The van der Waals surface area contributed by atoms with Gasteiger partial charge in [0.15, 0.2) is 0 Å². The first kappa shape index (κ1) is 28.3. The molecule has 0 bridgehead atoms. The molecule has 0 saturated carbocycles. The molecule has 178 valence electrons. The van der Waals surface area contributed by atoms with Crippen molar-refractivity contribution in [2.24, 2.45) is 17.6 Å². The van der Waals surface area contributed by atoms with Crippen LogP contribution >= 0.6 is 0 Å². The number of hydrogen-bond acceptors (Lipinski definition) is 7. The summed E-state index contributed by atoms with van der Waals surface area (Å²) in [5, 5.41) is 35.0. The average Bonchev–Trinajstić information content (AvgIpc) is 2.65. The van der Waals surface area contributed by atoms with Gasteiger partial charge < -0.3 is 37.0 Å². The molecule has 0 aliphatic carbocycles. The second-order valence-electron chi connectivity index (χ2n) is 7.87. The van der Waals surface area contributed by atoms with Crippen molar-refractivity contribution in [2.45, 2.75) is 77.7 Å². The van der Waals surface area contributed by atoms with Gasteiger partial charge in [-0.1, -0.05) is 34.1 Å². The van der Waals surface area contributed by atoms with Gasteiger partial charge in [0.2, 0.25) is 17.7 Å². The van der Waals surface area contributed by atoms with E-state index in [1.165, 1.54) is 6.92 Å². The van der Waals surface area contributed by atoms with Crippen LogP contribution in [0.4, 0.5) is 0 Å². The van der Waals surface area contributed by atoms with Crippen LogP contribution in [0.1, 0.15) is 47.5 Å². The molecule has 0 aromatic carbocycles. The fraction of sp³-hybridized carbons (Fsp3) is 0.737.